The molecule has 11 heteroatoms. The lowest BCUT2D eigenvalue weighted by atomic mass is 10.2. The number of primary amides is 1. The minimum absolute atomic E-state index is 0.191. The third kappa shape index (κ3) is 7.30. The monoisotopic (exact) mass is 406 g/mol. The van der Waals surface area contributed by atoms with Crippen molar-refractivity contribution < 1.29 is 23.9 Å². The van der Waals surface area contributed by atoms with Crippen molar-refractivity contribution in [2.75, 3.05) is 32.7 Å². The molecular weight excluding hydrogens is 380 g/mol. The number of hydrogen-bond acceptors (Lipinski definition) is 6. The van der Waals surface area contributed by atoms with Crippen LogP contribution in [0.4, 0.5) is 9.59 Å². The summed E-state index contributed by atoms with van der Waals surface area (Å²) in [5.41, 5.74) is 10.5. The summed E-state index contributed by atoms with van der Waals surface area (Å²) < 4.78 is 5.29. The molecule has 1 aromatic rings. The van der Waals surface area contributed by atoms with Crippen LogP contribution in [0.25, 0.3) is 0 Å². The van der Waals surface area contributed by atoms with Crippen LogP contribution in [0.1, 0.15) is 12.5 Å². The number of ether oxygens (including phenoxy) is 1. The number of benzene rings is 1. The quantitative estimate of drug-likeness (QED) is 0.434. The van der Waals surface area contributed by atoms with Crippen LogP contribution < -0.4 is 21.9 Å². The average Bonchev–Trinajstić information content (AvgIpc) is 2.72. The van der Waals surface area contributed by atoms with Crippen molar-refractivity contribution in [1.82, 2.24) is 26.0 Å². The molecule has 1 heterocycles. The highest BCUT2D eigenvalue weighted by Crippen LogP contribution is 2.07. The summed E-state index contributed by atoms with van der Waals surface area (Å²) in [6.45, 7) is 2.80. The first kappa shape index (κ1) is 22.0. The van der Waals surface area contributed by atoms with Crippen LogP contribution in [-0.4, -0.2) is 72.5 Å². The molecule has 0 aliphatic carbocycles. The molecule has 1 aliphatic heterocycles. The Bertz CT molecular complexity index is 721. The van der Waals surface area contributed by atoms with Gasteiger partial charge < -0.3 is 25.6 Å². The van der Waals surface area contributed by atoms with Gasteiger partial charge in [-0.3, -0.25) is 15.0 Å². The Balaban J connectivity index is 1.69. The molecule has 158 valence electrons. The lowest BCUT2D eigenvalue weighted by Gasteiger charge is -2.34. The van der Waals surface area contributed by atoms with Crippen molar-refractivity contribution in [2.24, 2.45) is 5.73 Å². The summed E-state index contributed by atoms with van der Waals surface area (Å²) in [6, 6.07) is 8.13. The first-order valence-electron chi connectivity index (χ1n) is 9.19. The number of nitrogens with two attached hydrogens (primary N) is 1. The van der Waals surface area contributed by atoms with Gasteiger partial charge in [0.1, 0.15) is 12.6 Å². The van der Waals surface area contributed by atoms with E-state index in [2.05, 4.69) is 16.2 Å². The van der Waals surface area contributed by atoms with Crippen LogP contribution in [0.5, 0.6) is 0 Å². The summed E-state index contributed by atoms with van der Waals surface area (Å²) in [5, 5.41) is 2.56. The van der Waals surface area contributed by atoms with Gasteiger partial charge in [0, 0.05) is 26.2 Å². The van der Waals surface area contributed by atoms with Crippen LogP contribution in [0.15, 0.2) is 30.3 Å². The van der Waals surface area contributed by atoms with E-state index >= 15 is 0 Å². The fourth-order valence-corrected chi connectivity index (χ4v) is 2.57. The normalized spacial score (nSPS) is 14.7. The number of rotatable bonds is 7. The van der Waals surface area contributed by atoms with Crippen LogP contribution in [0.2, 0.25) is 0 Å². The maximum absolute atomic E-state index is 12.3. The number of carbonyl (C=O) groups is 4. The lowest BCUT2D eigenvalue weighted by Crippen LogP contribution is -2.57. The molecule has 5 N–H and O–H groups in total. The summed E-state index contributed by atoms with van der Waals surface area (Å²) >= 11 is 0. The topological polar surface area (TPSA) is 146 Å². The molecule has 0 radical (unpaired) electrons. The van der Waals surface area contributed by atoms with E-state index < -0.39 is 30.0 Å². The zero-order valence-corrected chi connectivity index (χ0v) is 16.2. The van der Waals surface area contributed by atoms with E-state index in [1.54, 1.807) is 0 Å². The maximum atomic E-state index is 12.3. The number of nitrogens with one attached hydrogen (secondary N) is 3. The lowest BCUT2D eigenvalue weighted by molar-refractivity contribution is -0.124. The van der Waals surface area contributed by atoms with Crippen molar-refractivity contribution >= 4 is 23.9 Å². The molecule has 5 amide bonds. The van der Waals surface area contributed by atoms with E-state index in [4.69, 9.17) is 10.5 Å². The number of piperazine rings is 1. The van der Waals surface area contributed by atoms with Gasteiger partial charge in [0.15, 0.2) is 0 Å². The van der Waals surface area contributed by atoms with Gasteiger partial charge in [0.2, 0.25) is 5.91 Å². The maximum Gasteiger partial charge on any atom is 0.410 e. The second kappa shape index (κ2) is 10.9. The van der Waals surface area contributed by atoms with Gasteiger partial charge >= 0.3 is 12.1 Å². The van der Waals surface area contributed by atoms with Gasteiger partial charge in [0.05, 0.1) is 6.54 Å². The third-order valence-corrected chi connectivity index (χ3v) is 4.24. The predicted molar refractivity (Wildman–Crippen MR) is 103 cm³/mol. The highest BCUT2D eigenvalue weighted by Gasteiger charge is 2.26. The molecule has 2 rings (SSSR count). The van der Waals surface area contributed by atoms with Gasteiger partial charge in [-0.15, -0.1) is 0 Å². The Labute approximate surface area is 168 Å². The zero-order valence-electron chi connectivity index (χ0n) is 16.2. The van der Waals surface area contributed by atoms with Crippen LogP contribution in [0, 0.1) is 0 Å². The van der Waals surface area contributed by atoms with E-state index in [0.717, 1.165) is 5.56 Å². The van der Waals surface area contributed by atoms with E-state index in [0.29, 0.717) is 26.2 Å². The minimum Gasteiger partial charge on any atom is -0.445 e. The first-order valence-corrected chi connectivity index (χ1v) is 9.19. The largest absolute Gasteiger partial charge is 0.445 e. The van der Waals surface area contributed by atoms with Crippen LogP contribution in [-0.2, 0) is 20.9 Å². The molecule has 0 saturated carbocycles. The zero-order chi connectivity index (χ0) is 21.2. The number of carbonyl (C=O) groups excluding carboxylic acids is 4. The first-order chi connectivity index (χ1) is 13.9. The second-order valence-electron chi connectivity index (χ2n) is 6.49. The molecule has 0 bridgehead atoms. The van der Waals surface area contributed by atoms with Gasteiger partial charge in [0.25, 0.3) is 5.91 Å². The smallest absolute Gasteiger partial charge is 0.410 e. The Morgan fingerprint density at radius 2 is 1.69 bits per heavy atom. The predicted octanol–water partition coefficient (Wildman–Crippen LogP) is -0.855. The number of hydrogen-bond donors (Lipinski definition) is 4. The Morgan fingerprint density at radius 3 is 2.31 bits per heavy atom. The molecule has 0 unspecified atom stereocenters. The molecule has 1 aliphatic rings. The number of hydrazine groups is 1. The molecule has 1 aromatic carbocycles. The highest BCUT2D eigenvalue weighted by molar-refractivity contribution is 5.86. The molecule has 1 saturated heterocycles. The summed E-state index contributed by atoms with van der Waals surface area (Å²) in [7, 11) is 0. The summed E-state index contributed by atoms with van der Waals surface area (Å²) in [5.74, 6) is -1.13. The van der Waals surface area contributed by atoms with Crippen molar-refractivity contribution in [1.29, 1.82) is 0 Å². The van der Waals surface area contributed by atoms with Gasteiger partial charge in [-0.05, 0) is 12.5 Å². The van der Waals surface area contributed by atoms with E-state index in [-0.39, 0.29) is 13.2 Å². The van der Waals surface area contributed by atoms with E-state index in [1.165, 1.54) is 16.7 Å². The summed E-state index contributed by atoms with van der Waals surface area (Å²) in [6.07, 6.45) is -0.429. The second-order valence-corrected chi connectivity index (χ2v) is 6.49. The molecule has 0 spiro atoms. The van der Waals surface area contributed by atoms with Crippen molar-refractivity contribution in [3.63, 3.8) is 0 Å². The fourth-order valence-electron chi connectivity index (χ4n) is 2.57. The highest BCUT2D eigenvalue weighted by atomic mass is 16.6. The van der Waals surface area contributed by atoms with Crippen molar-refractivity contribution in [3.05, 3.63) is 35.9 Å². The molecule has 0 aromatic heterocycles. The molecule has 11 nitrogen and oxygen atoms in total. The van der Waals surface area contributed by atoms with Crippen LogP contribution in [0.3, 0.4) is 0 Å². The van der Waals surface area contributed by atoms with Gasteiger partial charge in [-0.1, -0.05) is 30.3 Å². The molecule has 1 atom stereocenters. The fraction of sp³-hybridized carbons (Fsp3) is 0.444. The van der Waals surface area contributed by atoms with Crippen LogP contribution >= 0.6 is 0 Å². The third-order valence-electron chi connectivity index (χ3n) is 4.24. The number of amides is 5. The number of urea groups is 1. The molecular formula is C18H26N6O5. The van der Waals surface area contributed by atoms with Gasteiger partial charge in [-0.2, -0.15) is 0 Å². The molecule has 29 heavy (non-hydrogen) atoms. The van der Waals surface area contributed by atoms with E-state index in [1.807, 2.05) is 30.3 Å². The molecule has 1 fully saturated rings. The Hall–Kier alpha value is -3.34. The standard InChI is InChI=1S/C18H26N6O5/c1-13(16(26)22-20-11-15(19)25)21-17(27)23-7-9-24(10-8-23)18(28)29-12-14-5-3-2-4-6-14/h2-6,13,20H,7-12H2,1H3,(H2,19,25)(H,21,27)(H,22,26)/t13-/m0/s1. The Morgan fingerprint density at radius 1 is 1.07 bits per heavy atom. The van der Waals surface area contributed by atoms with Gasteiger partial charge in [-0.25, -0.2) is 15.0 Å². The average molecular weight is 406 g/mol. The van der Waals surface area contributed by atoms with Crippen molar-refractivity contribution in [2.45, 2.75) is 19.6 Å². The SMILES string of the molecule is C[C@H](NC(=O)N1CCN(C(=O)OCc2ccccc2)CC1)C(=O)NNCC(N)=O. The Kier molecular flexibility index (Phi) is 8.22. The summed E-state index contributed by atoms with van der Waals surface area (Å²) in [4.78, 5) is 50.0. The minimum atomic E-state index is -0.822. The van der Waals surface area contributed by atoms with Crippen molar-refractivity contribution in [3.8, 4) is 0 Å². The van der Waals surface area contributed by atoms with E-state index in [9.17, 15) is 19.2 Å². The number of nitrogens with zero attached hydrogens (tertiary/aromatic N) is 2.